The van der Waals surface area contributed by atoms with Gasteiger partial charge in [-0.1, -0.05) is 6.92 Å². The molecule has 2 N–H and O–H groups in total. The highest BCUT2D eigenvalue weighted by Crippen LogP contribution is 2.13. The molecular formula is C14H26N2O4. The second kappa shape index (κ2) is 6.92. The first-order valence-corrected chi connectivity index (χ1v) is 7.13. The number of hydrogen-bond acceptors (Lipinski definition) is 4. The van der Waals surface area contributed by atoms with Crippen LogP contribution in [-0.4, -0.2) is 53.3 Å². The third-order valence-electron chi connectivity index (χ3n) is 3.15. The van der Waals surface area contributed by atoms with Crippen LogP contribution in [-0.2, 0) is 9.53 Å². The molecule has 2 amide bonds. The Balaban J connectivity index is 2.33. The Morgan fingerprint density at radius 3 is 2.40 bits per heavy atom. The maximum atomic E-state index is 12.2. The van der Waals surface area contributed by atoms with Crippen LogP contribution >= 0.6 is 0 Å². The van der Waals surface area contributed by atoms with Crippen LogP contribution in [0.1, 0.15) is 40.5 Å². The van der Waals surface area contributed by atoms with Crippen molar-refractivity contribution in [3.63, 3.8) is 0 Å². The molecule has 6 heteroatoms. The lowest BCUT2D eigenvalue weighted by atomic mass is 10.0. The van der Waals surface area contributed by atoms with E-state index in [9.17, 15) is 14.7 Å². The molecule has 0 aromatic rings. The first kappa shape index (κ1) is 16.8. The van der Waals surface area contributed by atoms with E-state index in [1.165, 1.54) is 0 Å². The molecule has 1 atom stereocenters. The summed E-state index contributed by atoms with van der Waals surface area (Å²) < 4.78 is 5.12. The van der Waals surface area contributed by atoms with E-state index in [0.29, 0.717) is 25.9 Å². The highest BCUT2D eigenvalue weighted by Gasteiger charge is 2.25. The molecule has 0 aromatic carbocycles. The van der Waals surface area contributed by atoms with Crippen LogP contribution in [0.2, 0.25) is 0 Å². The average molecular weight is 286 g/mol. The van der Waals surface area contributed by atoms with Crippen molar-refractivity contribution in [2.24, 2.45) is 5.92 Å². The second-order valence-electron chi connectivity index (χ2n) is 6.34. The molecule has 116 valence electrons. The van der Waals surface area contributed by atoms with Crippen molar-refractivity contribution in [2.45, 2.75) is 52.2 Å². The number of ether oxygens (including phenoxy) is 1. The first-order chi connectivity index (χ1) is 9.19. The Hall–Kier alpha value is -1.30. The van der Waals surface area contributed by atoms with E-state index in [-0.39, 0.29) is 24.5 Å². The zero-order valence-electron chi connectivity index (χ0n) is 12.8. The van der Waals surface area contributed by atoms with E-state index in [0.717, 1.165) is 0 Å². The molecule has 0 unspecified atom stereocenters. The normalized spacial score (nSPS) is 18.6. The molecule has 0 radical (unpaired) electrons. The van der Waals surface area contributed by atoms with Crippen molar-refractivity contribution < 1.29 is 19.4 Å². The lowest BCUT2D eigenvalue weighted by Gasteiger charge is -2.31. The largest absolute Gasteiger partial charge is 0.444 e. The molecule has 0 spiro atoms. The molecular weight excluding hydrogens is 260 g/mol. The molecule has 20 heavy (non-hydrogen) atoms. The van der Waals surface area contributed by atoms with Crippen LogP contribution in [0.4, 0.5) is 4.79 Å². The Morgan fingerprint density at radius 1 is 1.35 bits per heavy atom. The maximum absolute atomic E-state index is 12.2. The van der Waals surface area contributed by atoms with Crippen LogP contribution in [0.15, 0.2) is 0 Å². The van der Waals surface area contributed by atoms with Crippen molar-refractivity contribution in [2.75, 3.05) is 19.6 Å². The highest BCUT2D eigenvalue weighted by molar-refractivity contribution is 5.79. The average Bonchev–Trinajstić information content (AvgIpc) is 2.34. The van der Waals surface area contributed by atoms with Crippen LogP contribution in [0.25, 0.3) is 0 Å². The monoisotopic (exact) mass is 286 g/mol. The van der Waals surface area contributed by atoms with Gasteiger partial charge in [-0.15, -0.1) is 0 Å². The number of nitrogens with one attached hydrogen (secondary N) is 1. The predicted octanol–water partition coefficient (Wildman–Crippen LogP) is 1.13. The van der Waals surface area contributed by atoms with Gasteiger partial charge in [0.1, 0.15) is 5.60 Å². The number of alkyl carbamates (subject to hydrolysis) is 1. The van der Waals surface area contributed by atoms with Gasteiger partial charge in [-0.25, -0.2) is 4.79 Å². The summed E-state index contributed by atoms with van der Waals surface area (Å²) >= 11 is 0. The summed E-state index contributed by atoms with van der Waals surface area (Å²) in [7, 11) is 0. The summed E-state index contributed by atoms with van der Waals surface area (Å²) in [5, 5.41) is 12.0. The number of rotatable bonds is 3. The molecule has 1 fully saturated rings. The van der Waals surface area contributed by atoms with Crippen molar-refractivity contribution in [3.05, 3.63) is 0 Å². The summed E-state index contributed by atoms with van der Waals surface area (Å²) in [6.07, 6.45) is 0.441. The molecule has 0 aliphatic carbocycles. The van der Waals surface area contributed by atoms with E-state index in [2.05, 4.69) is 5.32 Å². The summed E-state index contributed by atoms with van der Waals surface area (Å²) in [4.78, 5) is 25.4. The highest BCUT2D eigenvalue weighted by atomic mass is 16.6. The minimum Gasteiger partial charge on any atom is -0.444 e. The third kappa shape index (κ3) is 5.77. The van der Waals surface area contributed by atoms with Gasteiger partial charge in [0.15, 0.2) is 0 Å². The summed E-state index contributed by atoms with van der Waals surface area (Å²) in [5.41, 5.74) is -0.541. The molecule has 1 saturated heterocycles. The SMILES string of the molecule is C[C@@H](CNC(=O)OC(C)(C)C)C(=O)N1CCC(O)CC1. The molecule has 0 bridgehead atoms. The number of aliphatic hydroxyl groups is 1. The van der Waals surface area contributed by atoms with Gasteiger partial charge in [-0.2, -0.15) is 0 Å². The van der Waals surface area contributed by atoms with Crippen molar-refractivity contribution in [3.8, 4) is 0 Å². The maximum Gasteiger partial charge on any atom is 0.407 e. The molecule has 1 rings (SSSR count). The van der Waals surface area contributed by atoms with Crippen LogP contribution in [0.5, 0.6) is 0 Å². The number of carbonyl (C=O) groups excluding carboxylic acids is 2. The zero-order chi connectivity index (χ0) is 15.3. The van der Waals surface area contributed by atoms with Crippen molar-refractivity contribution >= 4 is 12.0 Å². The number of hydrogen-bond donors (Lipinski definition) is 2. The van der Waals surface area contributed by atoms with Crippen molar-refractivity contribution in [1.29, 1.82) is 0 Å². The van der Waals surface area contributed by atoms with Gasteiger partial charge >= 0.3 is 6.09 Å². The topological polar surface area (TPSA) is 78.9 Å². The Labute approximate surface area is 120 Å². The van der Waals surface area contributed by atoms with Crippen LogP contribution in [0.3, 0.4) is 0 Å². The van der Waals surface area contributed by atoms with E-state index in [4.69, 9.17) is 4.74 Å². The molecule has 1 aliphatic heterocycles. The minimum atomic E-state index is -0.541. The standard InChI is InChI=1S/C14H26N2O4/c1-10(9-15-13(19)20-14(2,3)4)12(18)16-7-5-11(17)6-8-16/h10-11,17H,5-9H2,1-4H3,(H,15,19)/t10-/m0/s1. The summed E-state index contributed by atoms with van der Waals surface area (Å²) in [6.45, 7) is 8.58. The fourth-order valence-electron chi connectivity index (χ4n) is 2.04. The third-order valence-corrected chi connectivity index (χ3v) is 3.15. The van der Waals surface area contributed by atoms with Crippen molar-refractivity contribution in [1.82, 2.24) is 10.2 Å². The predicted molar refractivity (Wildman–Crippen MR) is 75.2 cm³/mol. The molecule has 1 aliphatic rings. The van der Waals surface area contributed by atoms with Gasteiger partial charge in [0.25, 0.3) is 0 Å². The fourth-order valence-corrected chi connectivity index (χ4v) is 2.04. The quantitative estimate of drug-likeness (QED) is 0.815. The van der Waals surface area contributed by atoms with Crippen LogP contribution < -0.4 is 5.32 Å². The first-order valence-electron chi connectivity index (χ1n) is 7.13. The summed E-state index contributed by atoms with van der Waals surface area (Å²) in [6, 6.07) is 0. The second-order valence-corrected chi connectivity index (χ2v) is 6.34. The van der Waals surface area contributed by atoms with Gasteiger partial charge in [-0.05, 0) is 33.6 Å². The Morgan fingerprint density at radius 2 is 1.90 bits per heavy atom. The summed E-state index contributed by atoms with van der Waals surface area (Å²) in [5.74, 6) is -0.286. The number of piperidine rings is 1. The van der Waals surface area contributed by atoms with E-state index < -0.39 is 11.7 Å². The van der Waals surface area contributed by atoms with Gasteiger partial charge < -0.3 is 20.1 Å². The Kier molecular flexibility index (Phi) is 5.80. The van der Waals surface area contributed by atoms with Gasteiger partial charge in [0.05, 0.1) is 12.0 Å². The van der Waals surface area contributed by atoms with E-state index in [1.54, 1.807) is 32.6 Å². The van der Waals surface area contributed by atoms with E-state index >= 15 is 0 Å². The molecule has 0 aromatic heterocycles. The minimum absolute atomic E-state index is 0.00737. The molecule has 0 saturated carbocycles. The smallest absolute Gasteiger partial charge is 0.407 e. The molecule has 1 heterocycles. The number of amides is 2. The fraction of sp³-hybridized carbons (Fsp3) is 0.857. The van der Waals surface area contributed by atoms with Gasteiger partial charge in [0.2, 0.25) is 5.91 Å². The van der Waals surface area contributed by atoms with E-state index in [1.807, 2.05) is 0 Å². The number of likely N-dealkylation sites (tertiary alicyclic amines) is 1. The zero-order valence-corrected chi connectivity index (χ0v) is 12.8. The number of nitrogens with zero attached hydrogens (tertiary/aromatic N) is 1. The van der Waals surface area contributed by atoms with Crippen LogP contribution in [0, 0.1) is 5.92 Å². The Bertz CT molecular complexity index is 344. The lowest BCUT2D eigenvalue weighted by Crippen LogP contribution is -2.45. The van der Waals surface area contributed by atoms with Gasteiger partial charge in [0, 0.05) is 19.6 Å². The number of aliphatic hydroxyl groups excluding tert-OH is 1. The van der Waals surface area contributed by atoms with Gasteiger partial charge in [-0.3, -0.25) is 4.79 Å². The number of carbonyl (C=O) groups is 2. The molecule has 6 nitrogen and oxygen atoms in total. The lowest BCUT2D eigenvalue weighted by molar-refractivity contribution is -0.136.